The number of benzene rings is 1. The van der Waals surface area contributed by atoms with Crippen molar-refractivity contribution < 1.29 is 14.7 Å². The van der Waals surface area contributed by atoms with Gasteiger partial charge in [0.1, 0.15) is 0 Å². The number of carbonyl (C=O) groups is 2. The molecule has 0 aliphatic rings. The summed E-state index contributed by atoms with van der Waals surface area (Å²) in [6.45, 7) is 1.47. The lowest BCUT2D eigenvalue weighted by molar-refractivity contribution is -0.136. The van der Waals surface area contributed by atoms with Crippen molar-refractivity contribution in [3.8, 4) is 0 Å². The van der Waals surface area contributed by atoms with Crippen LogP contribution in [-0.4, -0.2) is 16.9 Å². The average molecular weight is 204 g/mol. The second kappa shape index (κ2) is 5.10. The molecular formula is C12H12O3. The summed E-state index contributed by atoms with van der Waals surface area (Å²) >= 11 is 0. The predicted octanol–water partition coefficient (Wildman–Crippen LogP) is 1.92. The first-order chi connectivity index (χ1) is 7.08. The van der Waals surface area contributed by atoms with Crippen LogP contribution >= 0.6 is 0 Å². The van der Waals surface area contributed by atoms with Gasteiger partial charge in [-0.05, 0) is 24.1 Å². The van der Waals surface area contributed by atoms with Gasteiger partial charge in [-0.15, -0.1) is 0 Å². The molecule has 15 heavy (non-hydrogen) atoms. The van der Waals surface area contributed by atoms with Gasteiger partial charge in [-0.1, -0.05) is 30.3 Å². The minimum absolute atomic E-state index is 0.00174. The van der Waals surface area contributed by atoms with E-state index < -0.39 is 5.97 Å². The van der Waals surface area contributed by atoms with Crippen LogP contribution in [-0.2, 0) is 16.0 Å². The third-order valence-electron chi connectivity index (χ3n) is 1.82. The number of aliphatic carboxylic acids is 1. The summed E-state index contributed by atoms with van der Waals surface area (Å²) in [4.78, 5) is 21.2. The van der Waals surface area contributed by atoms with E-state index in [0.29, 0.717) is 0 Å². The Labute approximate surface area is 88.0 Å². The molecule has 0 aliphatic heterocycles. The highest BCUT2D eigenvalue weighted by Gasteiger charge is 1.99. The molecule has 0 fully saturated rings. The third-order valence-corrected chi connectivity index (χ3v) is 1.82. The van der Waals surface area contributed by atoms with Crippen molar-refractivity contribution in [1.82, 2.24) is 0 Å². The van der Waals surface area contributed by atoms with Gasteiger partial charge in [0.25, 0.3) is 0 Å². The number of rotatable bonds is 4. The van der Waals surface area contributed by atoms with Crippen LogP contribution in [0.25, 0.3) is 6.08 Å². The Bertz CT molecular complexity index is 405. The first kappa shape index (κ1) is 11.2. The lowest BCUT2D eigenvalue weighted by Crippen LogP contribution is -1.99. The molecule has 3 heteroatoms. The monoisotopic (exact) mass is 204 g/mol. The zero-order valence-electron chi connectivity index (χ0n) is 8.43. The quantitative estimate of drug-likeness (QED) is 0.762. The number of carbonyl (C=O) groups excluding carboxylic acids is 1. The summed E-state index contributed by atoms with van der Waals surface area (Å²) in [5, 5.41) is 8.60. The molecule has 1 aromatic carbocycles. The molecule has 3 nitrogen and oxygen atoms in total. The van der Waals surface area contributed by atoms with E-state index in [2.05, 4.69) is 0 Å². The van der Waals surface area contributed by atoms with Crippen molar-refractivity contribution >= 4 is 17.8 Å². The Morgan fingerprint density at radius 3 is 2.73 bits per heavy atom. The smallest absolute Gasteiger partial charge is 0.307 e. The molecule has 1 N–H and O–H groups in total. The summed E-state index contributed by atoms with van der Waals surface area (Å²) < 4.78 is 0. The minimum atomic E-state index is -0.859. The molecule has 0 spiro atoms. The largest absolute Gasteiger partial charge is 0.481 e. The lowest BCUT2D eigenvalue weighted by atomic mass is 10.1. The zero-order valence-corrected chi connectivity index (χ0v) is 8.43. The number of hydrogen-bond acceptors (Lipinski definition) is 2. The Kier molecular flexibility index (Phi) is 3.80. The van der Waals surface area contributed by atoms with Gasteiger partial charge < -0.3 is 5.11 Å². The van der Waals surface area contributed by atoms with E-state index in [-0.39, 0.29) is 12.2 Å². The highest BCUT2D eigenvalue weighted by atomic mass is 16.4. The van der Waals surface area contributed by atoms with Gasteiger partial charge in [-0.2, -0.15) is 0 Å². The van der Waals surface area contributed by atoms with Crippen LogP contribution in [0.4, 0.5) is 0 Å². The lowest BCUT2D eigenvalue weighted by Gasteiger charge is -1.98. The molecule has 0 unspecified atom stereocenters. The van der Waals surface area contributed by atoms with Gasteiger partial charge >= 0.3 is 5.97 Å². The molecule has 0 radical (unpaired) electrons. The van der Waals surface area contributed by atoms with Crippen molar-refractivity contribution in [3.63, 3.8) is 0 Å². The van der Waals surface area contributed by atoms with Crippen LogP contribution < -0.4 is 0 Å². The topological polar surface area (TPSA) is 54.4 Å². The van der Waals surface area contributed by atoms with Gasteiger partial charge in [0.2, 0.25) is 0 Å². The van der Waals surface area contributed by atoms with E-state index >= 15 is 0 Å². The number of allylic oxidation sites excluding steroid dienone is 1. The van der Waals surface area contributed by atoms with E-state index in [1.165, 1.54) is 13.0 Å². The van der Waals surface area contributed by atoms with Crippen LogP contribution in [0.5, 0.6) is 0 Å². The van der Waals surface area contributed by atoms with E-state index in [0.717, 1.165) is 11.1 Å². The summed E-state index contributed by atoms with van der Waals surface area (Å²) in [6.07, 6.45) is 3.13. The van der Waals surface area contributed by atoms with Gasteiger partial charge in [0, 0.05) is 0 Å². The maximum absolute atomic E-state index is 10.7. The molecule has 0 saturated heterocycles. The molecule has 78 valence electrons. The van der Waals surface area contributed by atoms with Crippen LogP contribution in [0.1, 0.15) is 18.1 Å². The Hall–Kier alpha value is -1.90. The first-order valence-corrected chi connectivity index (χ1v) is 4.57. The van der Waals surface area contributed by atoms with Crippen LogP contribution in [0.2, 0.25) is 0 Å². The fourth-order valence-electron chi connectivity index (χ4n) is 1.19. The summed E-state index contributed by atoms with van der Waals surface area (Å²) in [5.41, 5.74) is 1.57. The first-order valence-electron chi connectivity index (χ1n) is 4.57. The molecule has 1 aromatic rings. The average Bonchev–Trinajstić information content (AvgIpc) is 2.14. The second-order valence-electron chi connectivity index (χ2n) is 3.26. The zero-order chi connectivity index (χ0) is 11.3. The van der Waals surface area contributed by atoms with Crippen LogP contribution in [0.3, 0.4) is 0 Å². The van der Waals surface area contributed by atoms with E-state index in [4.69, 9.17) is 5.11 Å². The minimum Gasteiger partial charge on any atom is -0.481 e. The second-order valence-corrected chi connectivity index (χ2v) is 3.26. The molecule has 0 amide bonds. The van der Waals surface area contributed by atoms with Crippen LogP contribution in [0.15, 0.2) is 30.3 Å². The van der Waals surface area contributed by atoms with Crippen molar-refractivity contribution in [2.75, 3.05) is 0 Å². The Morgan fingerprint density at radius 2 is 2.13 bits per heavy atom. The van der Waals surface area contributed by atoms with Gasteiger partial charge in [-0.3, -0.25) is 9.59 Å². The number of carboxylic acid groups (broad SMARTS) is 1. The maximum Gasteiger partial charge on any atom is 0.307 e. The molecule has 0 saturated carbocycles. The number of ketones is 1. The normalized spacial score (nSPS) is 10.5. The predicted molar refractivity (Wildman–Crippen MR) is 57.5 cm³/mol. The fourth-order valence-corrected chi connectivity index (χ4v) is 1.19. The standard InChI is InChI=1S/C12H12O3/c1-9(13)5-6-10-3-2-4-11(7-10)8-12(14)15/h2-7H,8H2,1H3,(H,14,15). The molecule has 0 aromatic heterocycles. The molecule has 0 bridgehead atoms. The Morgan fingerprint density at radius 1 is 1.40 bits per heavy atom. The number of carboxylic acids is 1. The van der Waals surface area contributed by atoms with E-state index in [1.807, 2.05) is 6.07 Å². The third kappa shape index (κ3) is 4.22. The molecule has 0 heterocycles. The summed E-state index contributed by atoms with van der Waals surface area (Å²) in [6, 6.07) is 7.11. The molecular weight excluding hydrogens is 192 g/mol. The van der Waals surface area contributed by atoms with Gasteiger partial charge in [-0.25, -0.2) is 0 Å². The van der Waals surface area contributed by atoms with E-state index in [9.17, 15) is 9.59 Å². The maximum atomic E-state index is 10.7. The summed E-state index contributed by atoms with van der Waals surface area (Å²) in [5.74, 6) is -0.888. The van der Waals surface area contributed by atoms with Crippen molar-refractivity contribution in [2.45, 2.75) is 13.3 Å². The molecule has 0 aliphatic carbocycles. The SMILES string of the molecule is CC(=O)C=Cc1cccc(CC(=O)O)c1. The molecule has 0 atom stereocenters. The van der Waals surface area contributed by atoms with Gasteiger partial charge in [0.15, 0.2) is 5.78 Å². The number of hydrogen-bond donors (Lipinski definition) is 1. The van der Waals surface area contributed by atoms with Crippen molar-refractivity contribution in [2.24, 2.45) is 0 Å². The fraction of sp³-hybridized carbons (Fsp3) is 0.167. The van der Waals surface area contributed by atoms with E-state index in [1.54, 1.807) is 24.3 Å². The van der Waals surface area contributed by atoms with Crippen LogP contribution in [0, 0.1) is 0 Å². The highest BCUT2D eigenvalue weighted by Crippen LogP contribution is 2.07. The highest BCUT2D eigenvalue weighted by molar-refractivity contribution is 5.91. The molecule has 1 rings (SSSR count). The Balaban J connectivity index is 2.82. The van der Waals surface area contributed by atoms with Crippen molar-refractivity contribution in [3.05, 3.63) is 41.5 Å². The van der Waals surface area contributed by atoms with Gasteiger partial charge in [0.05, 0.1) is 6.42 Å². The summed E-state index contributed by atoms with van der Waals surface area (Å²) in [7, 11) is 0. The van der Waals surface area contributed by atoms with Crippen molar-refractivity contribution in [1.29, 1.82) is 0 Å².